The predicted molar refractivity (Wildman–Crippen MR) is 163 cm³/mol. The summed E-state index contributed by atoms with van der Waals surface area (Å²) in [6.45, 7) is 6.39. The van der Waals surface area contributed by atoms with E-state index in [-0.39, 0.29) is 23.4 Å². The zero-order valence-electron chi connectivity index (χ0n) is 22.9. The second-order valence-corrected chi connectivity index (χ2v) is 15.3. The first-order chi connectivity index (χ1) is 18.7. The van der Waals surface area contributed by atoms with Crippen LogP contribution in [0.25, 0.3) is 21.2 Å². The van der Waals surface area contributed by atoms with Crippen molar-refractivity contribution in [3.63, 3.8) is 0 Å². The van der Waals surface area contributed by atoms with E-state index in [1.54, 1.807) is 11.9 Å². The van der Waals surface area contributed by atoms with E-state index in [4.69, 9.17) is 4.98 Å². The van der Waals surface area contributed by atoms with Crippen LogP contribution in [-0.4, -0.2) is 38.2 Å². The summed E-state index contributed by atoms with van der Waals surface area (Å²) in [4.78, 5) is 19.9. The number of nitrogens with one attached hydrogen (secondary N) is 2. The minimum atomic E-state index is -1.20. The highest BCUT2D eigenvalue weighted by Crippen LogP contribution is 2.45. The van der Waals surface area contributed by atoms with Crippen molar-refractivity contribution >= 4 is 50.8 Å². The molecule has 1 aliphatic heterocycles. The summed E-state index contributed by atoms with van der Waals surface area (Å²) in [7, 11) is -0.796. The fourth-order valence-electron chi connectivity index (χ4n) is 5.41. The first kappa shape index (κ1) is 28.7. The lowest BCUT2D eigenvalue weighted by molar-refractivity contribution is 0.0933. The molecule has 1 saturated carbocycles. The molecule has 3 aromatic rings. The van der Waals surface area contributed by atoms with Crippen LogP contribution < -0.4 is 10.0 Å². The maximum absolute atomic E-state index is 16.2. The molecule has 9 heteroatoms. The largest absolute Gasteiger partial charge is 0.347 e. The third-order valence-electron chi connectivity index (χ3n) is 7.49. The number of halogens is 1. The number of carbonyl (C=O) groups is 1. The number of fused-ring (bicyclic) bond motifs is 1. The van der Waals surface area contributed by atoms with Gasteiger partial charge >= 0.3 is 0 Å². The summed E-state index contributed by atoms with van der Waals surface area (Å²) >= 11 is 2.90. The SMILES string of the molecule is CC(C)(C)NSc1ccc(-c2sc(C(=O)NC3CCS(=O)CC3)nc2C(F)C2CCCCC2)c2ccccc12. The van der Waals surface area contributed by atoms with Crippen molar-refractivity contribution in [3.8, 4) is 10.4 Å². The number of nitrogens with zero attached hydrogens (tertiary/aromatic N) is 1. The molecule has 1 saturated heterocycles. The van der Waals surface area contributed by atoms with Crippen LogP contribution in [0.3, 0.4) is 0 Å². The molecule has 0 bridgehead atoms. The molecule has 1 atom stereocenters. The van der Waals surface area contributed by atoms with Crippen molar-refractivity contribution < 1.29 is 13.4 Å². The predicted octanol–water partition coefficient (Wildman–Crippen LogP) is 7.59. The van der Waals surface area contributed by atoms with Gasteiger partial charge in [-0.1, -0.05) is 49.6 Å². The Morgan fingerprint density at radius 2 is 1.74 bits per heavy atom. The summed E-state index contributed by atoms with van der Waals surface area (Å²) in [5, 5.41) is 5.51. The summed E-state index contributed by atoms with van der Waals surface area (Å²) in [5.41, 5.74) is 1.27. The van der Waals surface area contributed by atoms with Crippen molar-refractivity contribution in [2.75, 3.05) is 11.5 Å². The Morgan fingerprint density at radius 1 is 1.05 bits per heavy atom. The maximum atomic E-state index is 16.2. The standard InChI is InChI=1S/C30H38FN3O2S3/c1-30(2,3)34-38-24-14-13-23(21-11-7-8-12-22(21)24)27-26(25(31)19-9-5-4-6-10-19)33-29(37-27)28(35)32-20-15-17-39(36)18-16-20/h7-8,11-14,19-20,25,34H,4-6,9-10,15-18H2,1-3H3,(H,32,35). The van der Waals surface area contributed by atoms with Gasteiger partial charge in [-0.25, -0.2) is 9.37 Å². The van der Waals surface area contributed by atoms with Gasteiger partial charge in [0.15, 0.2) is 5.01 Å². The second-order valence-electron chi connectivity index (χ2n) is 11.7. The van der Waals surface area contributed by atoms with Gasteiger partial charge in [0.05, 0.1) is 10.6 Å². The first-order valence-electron chi connectivity index (χ1n) is 14.0. The Hall–Kier alpha value is -1.81. The monoisotopic (exact) mass is 587 g/mol. The Bertz CT molecular complexity index is 1340. The minimum Gasteiger partial charge on any atom is -0.347 e. The highest BCUT2D eigenvalue weighted by molar-refractivity contribution is 7.97. The van der Waals surface area contributed by atoms with E-state index in [1.165, 1.54) is 11.3 Å². The lowest BCUT2D eigenvalue weighted by Gasteiger charge is -2.25. The molecule has 0 radical (unpaired) electrons. The molecule has 2 aliphatic rings. The van der Waals surface area contributed by atoms with Gasteiger partial charge in [-0.3, -0.25) is 13.7 Å². The minimum absolute atomic E-state index is 0.0158. The van der Waals surface area contributed by atoms with Crippen LogP contribution in [0.2, 0.25) is 0 Å². The first-order valence-corrected chi connectivity index (χ1v) is 17.1. The molecular formula is C30H38FN3O2S3. The van der Waals surface area contributed by atoms with Crippen LogP contribution in [0.5, 0.6) is 0 Å². The van der Waals surface area contributed by atoms with E-state index < -0.39 is 17.0 Å². The van der Waals surface area contributed by atoms with Gasteiger partial charge in [-0.05, 0) is 81.2 Å². The van der Waals surface area contributed by atoms with Crippen molar-refractivity contribution in [1.82, 2.24) is 15.0 Å². The van der Waals surface area contributed by atoms with Gasteiger partial charge in [0.1, 0.15) is 6.17 Å². The normalized spacial score (nSPS) is 21.6. The molecule has 2 heterocycles. The van der Waals surface area contributed by atoms with E-state index in [9.17, 15) is 9.00 Å². The smallest absolute Gasteiger partial charge is 0.280 e. The highest BCUT2D eigenvalue weighted by atomic mass is 32.2. The summed E-state index contributed by atoms with van der Waals surface area (Å²) in [5.74, 6) is 0.884. The van der Waals surface area contributed by atoms with Gasteiger partial charge in [0, 0.05) is 44.3 Å². The summed E-state index contributed by atoms with van der Waals surface area (Å²) in [6, 6.07) is 12.3. The molecule has 1 amide bonds. The maximum Gasteiger partial charge on any atom is 0.280 e. The molecule has 5 rings (SSSR count). The number of aromatic nitrogens is 1. The van der Waals surface area contributed by atoms with Crippen LogP contribution >= 0.6 is 23.3 Å². The van der Waals surface area contributed by atoms with E-state index in [0.29, 0.717) is 35.0 Å². The third-order valence-corrected chi connectivity index (χ3v) is 11.3. The fourth-order valence-corrected chi connectivity index (χ4v) is 8.59. The van der Waals surface area contributed by atoms with Crippen molar-refractivity contribution in [3.05, 3.63) is 47.1 Å². The highest BCUT2D eigenvalue weighted by Gasteiger charge is 2.32. The number of benzene rings is 2. The van der Waals surface area contributed by atoms with E-state index in [0.717, 1.165) is 58.2 Å². The van der Waals surface area contributed by atoms with Crippen molar-refractivity contribution in [2.45, 2.75) is 88.4 Å². The van der Waals surface area contributed by atoms with Crippen LogP contribution in [0, 0.1) is 5.92 Å². The van der Waals surface area contributed by atoms with Crippen LogP contribution in [0.1, 0.15) is 87.4 Å². The number of alkyl halides is 1. The van der Waals surface area contributed by atoms with Crippen LogP contribution in [0.4, 0.5) is 4.39 Å². The molecule has 2 N–H and O–H groups in total. The van der Waals surface area contributed by atoms with Crippen LogP contribution in [0.15, 0.2) is 41.3 Å². The van der Waals surface area contributed by atoms with E-state index >= 15 is 4.39 Å². The lowest BCUT2D eigenvalue weighted by atomic mass is 9.84. The Morgan fingerprint density at radius 3 is 2.44 bits per heavy atom. The number of hydrogen-bond donors (Lipinski definition) is 2. The topological polar surface area (TPSA) is 71.1 Å². The Balaban J connectivity index is 1.53. The fraction of sp³-hybridized carbons (Fsp3) is 0.533. The Labute approximate surface area is 241 Å². The third kappa shape index (κ3) is 6.92. The average Bonchev–Trinajstić information content (AvgIpc) is 3.38. The molecule has 39 heavy (non-hydrogen) atoms. The van der Waals surface area contributed by atoms with E-state index in [2.05, 4.69) is 55.1 Å². The van der Waals surface area contributed by atoms with Gasteiger partial charge in [-0.2, -0.15) is 0 Å². The molecule has 5 nitrogen and oxygen atoms in total. The lowest BCUT2D eigenvalue weighted by Crippen LogP contribution is -2.39. The number of carbonyl (C=O) groups excluding carboxylic acids is 1. The average molecular weight is 588 g/mol. The van der Waals surface area contributed by atoms with Gasteiger partial charge in [0.25, 0.3) is 5.91 Å². The zero-order chi connectivity index (χ0) is 27.6. The number of thiazole rings is 1. The molecule has 1 unspecified atom stereocenters. The van der Waals surface area contributed by atoms with Gasteiger partial charge in [0.2, 0.25) is 0 Å². The molecule has 1 aromatic heterocycles. The van der Waals surface area contributed by atoms with Gasteiger partial charge in [-0.15, -0.1) is 11.3 Å². The number of hydrogen-bond acceptors (Lipinski definition) is 6. The zero-order valence-corrected chi connectivity index (χ0v) is 25.4. The van der Waals surface area contributed by atoms with Crippen LogP contribution in [-0.2, 0) is 10.8 Å². The van der Waals surface area contributed by atoms with Crippen molar-refractivity contribution in [2.24, 2.45) is 5.92 Å². The molecule has 210 valence electrons. The summed E-state index contributed by atoms with van der Waals surface area (Å²) in [6.07, 6.45) is 5.13. The van der Waals surface area contributed by atoms with E-state index in [1.807, 2.05) is 12.1 Å². The van der Waals surface area contributed by atoms with Crippen molar-refractivity contribution in [1.29, 1.82) is 0 Å². The van der Waals surface area contributed by atoms with Gasteiger partial charge < -0.3 is 5.32 Å². The summed E-state index contributed by atoms with van der Waals surface area (Å²) < 4.78 is 31.5. The molecule has 1 aliphatic carbocycles. The molecule has 2 aromatic carbocycles. The molecule has 0 spiro atoms. The Kier molecular flexibility index (Phi) is 9.11. The molecular weight excluding hydrogens is 550 g/mol. The number of amides is 1. The molecule has 2 fully saturated rings. The quantitative estimate of drug-likeness (QED) is 0.279. The second kappa shape index (κ2) is 12.4. The number of rotatable bonds is 7.